The van der Waals surface area contributed by atoms with Crippen molar-refractivity contribution in [3.63, 3.8) is 0 Å². The minimum Gasteiger partial charge on any atom is -0.507 e. The molecule has 2 aromatic rings. The standard InChI is InChI=1S/C14H11IN2O4/c15-7-1-4-12(18)10(5-7)13(19)17-11-3-2-8(16)6-9(11)14(20)21/h1-6,18H,16H2,(H,17,19)(H,20,21). The van der Waals surface area contributed by atoms with Crippen molar-refractivity contribution in [2.24, 2.45) is 0 Å². The summed E-state index contributed by atoms with van der Waals surface area (Å²) >= 11 is 2.01. The van der Waals surface area contributed by atoms with Gasteiger partial charge in [-0.1, -0.05) is 0 Å². The number of carboxylic acids is 1. The lowest BCUT2D eigenvalue weighted by molar-refractivity contribution is 0.0698. The molecule has 7 heteroatoms. The summed E-state index contributed by atoms with van der Waals surface area (Å²) in [6, 6.07) is 8.70. The molecule has 0 aliphatic carbocycles. The van der Waals surface area contributed by atoms with Crippen molar-refractivity contribution in [2.45, 2.75) is 0 Å². The summed E-state index contributed by atoms with van der Waals surface area (Å²) in [5.41, 5.74) is 5.87. The maximum atomic E-state index is 12.1. The van der Waals surface area contributed by atoms with Crippen molar-refractivity contribution in [1.82, 2.24) is 0 Å². The summed E-state index contributed by atoms with van der Waals surface area (Å²) in [7, 11) is 0. The van der Waals surface area contributed by atoms with Crippen LogP contribution in [0.2, 0.25) is 0 Å². The van der Waals surface area contributed by atoms with Crippen LogP contribution in [0.3, 0.4) is 0 Å². The number of aromatic hydroxyl groups is 1. The van der Waals surface area contributed by atoms with E-state index in [-0.39, 0.29) is 28.3 Å². The Balaban J connectivity index is 2.36. The van der Waals surface area contributed by atoms with Gasteiger partial charge in [0.05, 0.1) is 16.8 Å². The first kappa shape index (κ1) is 15.1. The predicted octanol–water partition coefficient (Wildman–Crippen LogP) is 2.53. The number of rotatable bonds is 3. The second-order valence-electron chi connectivity index (χ2n) is 4.23. The summed E-state index contributed by atoms with van der Waals surface area (Å²) in [6.45, 7) is 0. The topological polar surface area (TPSA) is 113 Å². The summed E-state index contributed by atoms with van der Waals surface area (Å²) in [5, 5.41) is 21.3. The molecule has 0 atom stereocenters. The maximum absolute atomic E-state index is 12.1. The number of hydrogen-bond donors (Lipinski definition) is 4. The van der Waals surface area contributed by atoms with Gasteiger partial charge in [0, 0.05) is 9.26 Å². The van der Waals surface area contributed by atoms with Gasteiger partial charge in [0.2, 0.25) is 0 Å². The van der Waals surface area contributed by atoms with Gasteiger partial charge in [0.25, 0.3) is 5.91 Å². The van der Waals surface area contributed by atoms with Crippen LogP contribution in [0.15, 0.2) is 36.4 Å². The number of carbonyl (C=O) groups is 2. The number of phenolic OH excluding ortho intramolecular Hbond substituents is 1. The number of nitrogens with two attached hydrogens (primary N) is 1. The third-order valence-electron chi connectivity index (χ3n) is 2.73. The second-order valence-corrected chi connectivity index (χ2v) is 5.47. The zero-order valence-corrected chi connectivity index (χ0v) is 12.8. The molecule has 0 spiro atoms. The second kappa shape index (κ2) is 6.00. The number of phenols is 1. The SMILES string of the molecule is Nc1ccc(NC(=O)c2cc(I)ccc2O)c(C(=O)O)c1. The first-order valence-electron chi connectivity index (χ1n) is 5.81. The molecule has 0 saturated carbocycles. The third kappa shape index (κ3) is 3.43. The smallest absolute Gasteiger partial charge is 0.337 e. The summed E-state index contributed by atoms with van der Waals surface area (Å²) in [4.78, 5) is 23.3. The van der Waals surface area contributed by atoms with Gasteiger partial charge in [-0.2, -0.15) is 0 Å². The Morgan fingerprint density at radius 3 is 2.48 bits per heavy atom. The molecular weight excluding hydrogens is 387 g/mol. The molecule has 2 rings (SSSR count). The van der Waals surface area contributed by atoms with E-state index in [1.807, 2.05) is 22.6 Å². The molecule has 1 amide bonds. The highest BCUT2D eigenvalue weighted by atomic mass is 127. The highest BCUT2D eigenvalue weighted by Crippen LogP contribution is 2.23. The highest BCUT2D eigenvalue weighted by molar-refractivity contribution is 14.1. The molecule has 0 unspecified atom stereocenters. The Labute approximate surface area is 133 Å². The van der Waals surface area contributed by atoms with Crippen molar-refractivity contribution >= 4 is 45.8 Å². The van der Waals surface area contributed by atoms with E-state index in [2.05, 4.69) is 5.32 Å². The summed E-state index contributed by atoms with van der Waals surface area (Å²) < 4.78 is 0.770. The average molecular weight is 398 g/mol. The summed E-state index contributed by atoms with van der Waals surface area (Å²) in [5.74, 6) is -1.98. The van der Waals surface area contributed by atoms with Crippen LogP contribution < -0.4 is 11.1 Å². The van der Waals surface area contributed by atoms with E-state index in [1.165, 1.54) is 30.3 Å². The third-order valence-corrected chi connectivity index (χ3v) is 3.40. The first-order chi connectivity index (χ1) is 9.88. The number of nitrogens with one attached hydrogen (secondary N) is 1. The van der Waals surface area contributed by atoms with Gasteiger partial charge < -0.3 is 21.3 Å². The van der Waals surface area contributed by atoms with Crippen LogP contribution in [0.25, 0.3) is 0 Å². The Hall–Kier alpha value is -2.29. The average Bonchev–Trinajstić information content (AvgIpc) is 2.43. The van der Waals surface area contributed by atoms with Crippen LogP contribution in [-0.2, 0) is 0 Å². The van der Waals surface area contributed by atoms with Gasteiger partial charge in [0.15, 0.2) is 0 Å². The van der Waals surface area contributed by atoms with Crippen LogP contribution in [0.1, 0.15) is 20.7 Å². The first-order valence-corrected chi connectivity index (χ1v) is 6.89. The van der Waals surface area contributed by atoms with Crippen LogP contribution in [0.4, 0.5) is 11.4 Å². The Kier molecular flexibility index (Phi) is 4.32. The monoisotopic (exact) mass is 398 g/mol. The van der Waals surface area contributed by atoms with E-state index >= 15 is 0 Å². The number of aromatic carboxylic acids is 1. The van der Waals surface area contributed by atoms with E-state index in [9.17, 15) is 14.7 Å². The van der Waals surface area contributed by atoms with Gasteiger partial charge in [-0.3, -0.25) is 4.79 Å². The molecule has 2 aromatic carbocycles. The minimum absolute atomic E-state index is 0.0649. The quantitative estimate of drug-likeness (QED) is 0.469. The number of carboxylic acid groups (broad SMARTS) is 1. The number of anilines is 2. The van der Waals surface area contributed by atoms with Crippen LogP contribution in [-0.4, -0.2) is 22.1 Å². The van der Waals surface area contributed by atoms with Gasteiger partial charge >= 0.3 is 5.97 Å². The fraction of sp³-hybridized carbons (Fsp3) is 0. The van der Waals surface area contributed by atoms with Crippen LogP contribution >= 0.6 is 22.6 Å². The zero-order valence-electron chi connectivity index (χ0n) is 10.6. The Bertz CT molecular complexity index is 731. The predicted molar refractivity (Wildman–Crippen MR) is 86.6 cm³/mol. The lowest BCUT2D eigenvalue weighted by Gasteiger charge is -2.10. The van der Waals surface area contributed by atoms with E-state index in [0.717, 1.165) is 3.57 Å². The zero-order chi connectivity index (χ0) is 15.6. The molecule has 0 aliphatic heterocycles. The molecule has 0 fully saturated rings. The fourth-order valence-electron chi connectivity index (χ4n) is 1.73. The van der Waals surface area contributed by atoms with E-state index in [4.69, 9.17) is 10.8 Å². The fourth-order valence-corrected chi connectivity index (χ4v) is 2.22. The normalized spacial score (nSPS) is 10.1. The molecule has 108 valence electrons. The number of hydrogen-bond acceptors (Lipinski definition) is 4. The number of carbonyl (C=O) groups excluding carboxylic acids is 1. The van der Waals surface area contributed by atoms with Gasteiger partial charge in [-0.05, 0) is 59.0 Å². The molecule has 0 bridgehead atoms. The highest BCUT2D eigenvalue weighted by Gasteiger charge is 2.16. The number of nitrogen functional groups attached to an aromatic ring is 1. The molecule has 0 aromatic heterocycles. The molecule has 0 aliphatic rings. The van der Waals surface area contributed by atoms with Crippen molar-refractivity contribution in [1.29, 1.82) is 0 Å². The lowest BCUT2D eigenvalue weighted by Crippen LogP contribution is -2.15. The minimum atomic E-state index is -1.20. The van der Waals surface area contributed by atoms with Crippen molar-refractivity contribution in [3.05, 3.63) is 51.1 Å². The van der Waals surface area contributed by atoms with Crippen molar-refractivity contribution in [2.75, 3.05) is 11.1 Å². The van der Waals surface area contributed by atoms with Crippen molar-refractivity contribution in [3.8, 4) is 5.75 Å². The molecular formula is C14H11IN2O4. The van der Waals surface area contributed by atoms with Crippen LogP contribution in [0, 0.1) is 3.57 Å². The van der Waals surface area contributed by atoms with Gasteiger partial charge in [0.1, 0.15) is 5.75 Å². The molecule has 6 nitrogen and oxygen atoms in total. The molecule has 21 heavy (non-hydrogen) atoms. The van der Waals surface area contributed by atoms with Gasteiger partial charge in [-0.25, -0.2) is 4.79 Å². The largest absolute Gasteiger partial charge is 0.507 e. The van der Waals surface area contributed by atoms with Crippen molar-refractivity contribution < 1.29 is 19.8 Å². The van der Waals surface area contributed by atoms with Gasteiger partial charge in [-0.15, -0.1) is 0 Å². The summed E-state index contributed by atoms with van der Waals surface area (Å²) in [6.07, 6.45) is 0. The lowest BCUT2D eigenvalue weighted by atomic mass is 10.1. The Morgan fingerprint density at radius 2 is 1.81 bits per heavy atom. The molecule has 0 radical (unpaired) electrons. The molecule has 5 N–H and O–H groups in total. The van der Waals surface area contributed by atoms with Crippen LogP contribution in [0.5, 0.6) is 5.75 Å². The maximum Gasteiger partial charge on any atom is 0.337 e. The molecule has 0 heterocycles. The number of halogens is 1. The van der Waals surface area contributed by atoms with E-state index < -0.39 is 11.9 Å². The van der Waals surface area contributed by atoms with E-state index in [1.54, 1.807) is 6.07 Å². The number of benzene rings is 2. The molecule has 0 saturated heterocycles. The Morgan fingerprint density at radius 1 is 1.10 bits per heavy atom. The van der Waals surface area contributed by atoms with E-state index in [0.29, 0.717) is 0 Å². The number of amides is 1.